The number of benzene rings is 2. The smallest absolute Gasteiger partial charge is 0.320 e. The van der Waals surface area contributed by atoms with Crippen LogP contribution in [0.25, 0.3) is 27.8 Å². The number of pyridine rings is 1. The lowest BCUT2D eigenvalue weighted by Gasteiger charge is -2.35. The fraction of sp³-hybridized carbons (Fsp3) is 0.471. The number of nitrogens with zero attached hydrogens (tertiary/aromatic N) is 6. The number of carboxylic acid groups (broad SMARTS) is 1. The summed E-state index contributed by atoms with van der Waals surface area (Å²) in [7, 11) is -3.77. The van der Waals surface area contributed by atoms with E-state index in [1.165, 1.54) is 19.8 Å². The van der Waals surface area contributed by atoms with Gasteiger partial charge in [-0.2, -0.15) is 0 Å². The number of halogens is 3. The molecule has 2 aromatic heterocycles. The molecule has 3 fully saturated rings. The van der Waals surface area contributed by atoms with Gasteiger partial charge in [-0.05, 0) is 74.4 Å². The molecule has 7 rings (SSSR count). The summed E-state index contributed by atoms with van der Waals surface area (Å²) in [5.41, 5.74) is 5.33. The second-order valence-electron chi connectivity index (χ2n) is 13.6. The van der Waals surface area contributed by atoms with Crippen LogP contribution in [-0.4, -0.2) is 89.9 Å². The van der Waals surface area contributed by atoms with Crippen LogP contribution in [0.15, 0.2) is 54.9 Å². The molecule has 1 aliphatic carbocycles. The zero-order chi connectivity index (χ0) is 34.4. The third-order valence-corrected chi connectivity index (χ3v) is 11.4. The molecular formula is C34H41ClF2N8O4S. The summed E-state index contributed by atoms with van der Waals surface area (Å²) < 4.78 is 58.2. The van der Waals surface area contributed by atoms with Gasteiger partial charge < -0.3 is 20.2 Å². The van der Waals surface area contributed by atoms with E-state index in [1.807, 2.05) is 47.5 Å². The molecule has 1 atom stereocenters. The Morgan fingerprint density at radius 3 is 2.38 bits per heavy atom. The van der Waals surface area contributed by atoms with Crippen LogP contribution in [-0.2, 0) is 14.8 Å². The number of sulfonamides is 1. The van der Waals surface area contributed by atoms with Crippen LogP contribution in [0, 0.1) is 5.41 Å². The summed E-state index contributed by atoms with van der Waals surface area (Å²) in [5.74, 6) is -4.01. The first-order valence-corrected chi connectivity index (χ1v) is 18.3. The first kappa shape index (κ1) is 35.7. The van der Waals surface area contributed by atoms with Crippen molar-refractivity contribution in [3.05, 3.63) is 54.9 Å². The van der Waals surface area contributed by atoms with Gasteiger partial charge in [-0.1, -0.05) is 11.3 Å². The van der Waals surface area contributed by atoms with Crippen LogP contribution in [0.3, 0.4) is 0 Å². The maximum absolute atomic E-state index is 14.0. The number of aliphatic carboxylic acids is 1. The van der Waals surface area contributed by atoms with Gasteiger partial charge in [0.15, 0.2) is 0 Å². The van der Waals surface area contributed by atoms with Crippen molar-refractivity contribution in [2.75, 3.05) is 53.0 Å². The number of alkyl halides is 2. The topological polar surface area (TPSA) is 146 Å². The van der Waals surface area contributed by atoms with Crippen molar-refractivity contribution in [2.24, 2.45) is 5.41 Å². The minimum absolute atomic E-state index is 0. The maximum Gasteiger partial charge on any atom is 0.320 e. The van der Waals surface area contributed by atoms with Gasteiger partial charge in [0.1, 0.15) is 11.7 Å². The monoisotopic (exact) mass is 730 g/mol. The molecule has 2 aliphatic heterocycles. The van der Waals surface area contributed by atoms with E-state index in [-0.39, 0.29) is 50.6 Å². The third-order valence-electron chi connectivity index (χ3n) is 10.1. The van der Waals surface area contributed by atoms with Crippen molar-refractivity contribution < 1.29 is 27.1 Å². The van der Waals surface area contributed by atoms with Crippen molar-refractivity contribution in [2.45, 2.75) is 57.4 Å². The third kappa shape index (κ3) is 7.79. The number of piperidine rings is 2. The summed E-state index contributed by atoms with van der Waals surface area (Å²) in [6, 6.07) is 12.2. The Morgan fingerprint density at radius 1 is 0.980 bits per heavy atom. The van der Waals surface area contributed by atoms with Gasteiger partial charge in [0.2, 0.25) is 10.0 Å². The maximum atomic E-state index is 14.0. The van der Waals surface area contributed by atoms with E-state index in [1.54, 1.807) is 16.9 Å². The van der Waals surface area contributed by atoms with E-state index < -0.39 is 28.0 Å². The number of aromatic nitrogens is 4. The van der Waals surface area contributed by atoms with E-state index in [0.29, 0.717) is 16.8 Å². The molecule has 0 radical (unpaired) electrons. The summed E-state index contributed by atoms with van der Waals surface area (Å²) >= 11 is 0. The highest BCUT2D eigenvalue weighted by atomic mass is 35.5. The molecule has 4 heterocycles. The Morgan fingerprint density at radius 2 is 1.68 bits per heavy atom. The predicted octanol–water partition coefficient (Wildman–Crippen LogP) is 5.32. The van der Waals surface area contributed by atoms with E-state index >= 15 is 0 Å². The van der Waals surface area contributed by atoms with Crippen LogP contribution in [0.4, 0.5) is 25.8 Å². The number of fused-ring (bicyclic) bond motifs is 1. The highest BCUT2D eigenvalue weighted by molar-refractivity contribution is 7.92. The number of anilines is 3. The Hall–Kier alpha value is -4.08. The largest absolute Gasteiger partial charge is 0.480 e. The van der Waals surface area contributed by atoms with E-state index in [4.69, 9.17) is 5.11 Å². The average Bonchev–Trinajstić information content (AvgIpc) is 3.64. The molecule has 50 heavy (non-hydrogen) atoms. The van der Waals surface area contributed by atoms with Crippen molar-refractivity contribution in [1.82, 2.24) is 25.3 Å². The van der Waals surface area contributed by atoms with Gasteiger partial charge in [0, 0.05) is 68.4 Å². The van der Waals surface area contributed by atoms with Gasteiger partial charge in [0.05, 0.1) is 34.5 Å². The van der Waals surface area contributed by atoms with Gasteiger partial charge in [-0.25, -0.2) is 21.9 Å². The number of hydrogen-bond acceptors (Lipinski definition) is 9. The first-order valence-electron chi connectivity index (χ1n) is 16.7. The number of carbonyl (C=O) groups is 1. The number of rotatable bonds is 11. The highest BCUT2D eigenvalue weighted by Crippen LogP contribution is 2.54. The van der Waals surface area contributed by atoms with E-state index in [0.717, 1.165) is 59.5 Å². The Balaban J connectivity index is 0.00000432. The Bertz CT molecular complexity index is 1970. The van der Waals surface area contributed by atoms with E-state index in [2.05, 4.69) is 30.2 Å². The average molecular weight is 731 g/mol. The summed E-state index contributed by atoms with van der Waals surface area (Å²) in [5, 5.41) is 21.6. The van der Waals surface area contributed by atoms with Crippen molar-refractivity contribution >= 4 is 56.4 Å². The lowest BCUT2D eigenvalue weighted by molar-refractivity contribution is -0.138. The standard InChI is InChI=1S/C34H40F2N8O4S.ClH/c1-23(32(45)46)37-13-18-49(47,48)40-25-4-5-27(29(20-25)42-14-8-33(6-7-33)9-15-42)28-22-44(41-39-28)26-19-24-3-2-12-38-31(24)30(21-26)43-16-10-34(35,36)11-17-43;/h2-5,12,19-23,37,40H,6-11,13-18H2,1H3,(H,45,46);1H/t23-;/m0./s1. The second-order valence-corrected chi connectivity index (χ2v) is 15.4. The molecule has 0 amide bonds. The van der Waals surface area contributed by atoms with E-state index in [9.17, 15) is 22.0 Å². The lowest BCUT2D eigenvalue weighted by Crippen LogP contribution is -2.39. The first-order chi connectivity index (χ1) is 23.4. The summed E-state index contributed by atoms with van der Waals surface area (Å²) in [4.78, 5) is 19.9. The molecule has 3 aliphatic rings. The SMILES string of the molecule is C[C@H](NCCS(=O)(=O)Nc1ccc(-c2cn(-c3cc(N4CCC(F)(F)CC4)c4ncccc4c3)nn2)c(N2CCC3(CC2)CC3)c1)C(=O)O.Cl. The molecule has 1 spiro atoms. The molecule has 2 aromatic carbocycles. The molecule has 268 valence electrons. The molecule has 12 nitrogen and oxygen atoms in total. The highest BCUT2D eigenvalue weighted by Gasteiger charge is 2.44. The van der Waals surface area contributed by atoms with Crippen molar-refractivity contribution in [3.8, 4) is 16.9 Å². The number of hydrogen-bond donors (Lipinski definition) is 3. The molecule has 4 aromatic rings. The summed E-state index contributed by atoms with van der Waals surface area (Å²) in [6.45, 7) is 3.57. The van der Waals surface area contributed by atoms with Crippen LogP contribution in [0.2, 0.25) is 0 Å². The minimum atomic E-state index is -3.77. The van der Waals surface area contributed by atoms with Crippen LogP contribution < -0.4 is 19.8 Å². The fourth-order valence-electron chi connectivity index (χ4n) is 6.82. The molecule has 0 unspecified atom stereocenters. The van der Waals surface area contributed by atoms with Crippen molar-refractivity contribution in [1.29, 1.82) is 0 Å². The summed E-state index contributed by atoms with van der Waals surface area (Å²) in [6.07, 6.45) is 7.73. The Kier molecular flexibility index (Phi) is 9.94. The minimum Gasteiger partial charge on any atom is -0.480 e. The normalized spacial score (nSPS) is 18.9. The Labute approximate surface area is 295 Å². The molecule has 2 saturated heterocycles. The second kappa shape index (κ2) is 13.9. The fourth-order valence-corrected chi connectivity index (χ4v) is 7.79. The molecule has 3 N–H and O–H groups in total. The quantitative estimate of drug-likeness (QED) is 0.185. The van der Waals surface area contributed by atoms with Crippen LogP contribution >= 0.6 is 12.4 Å². The van der Waals surface area contributed by atoms with Crippen LogP contribution in [0.5, 0.6) is 0 Å². The molecule has 16 heteroatoms. The lowest BCUT2D eigenvalue weighted by atomic mass is 9.93. The predicted molar refractivity (Wildman–Crippen MR) is 191 cm³/mol. The molecule has 0 bridgehead atoms. The van der Waals surface area contributed by atoms with Gasteiger partial charge in [0.25, 0.3) is 5.92 Å². The molecule has 1 saturated carbocycles. The van der Waals surface area contributed by atoms with Crippen LogP contribution in [0.1, 0.15) is 45.4 Å². The number of nitrogens with one attached hydrogen (secondary N) is 2. The zero-order valence-corrected chi connectivity index (χ0v) is 29.3. The van der Waals surface area contributed by atoms with Gasteiger partial charge in [-0.15, -0.1) is 17.5 Å². The zero-order valence-electron chi connectivity index (χ0n) is 27.7. The van der Waals surface area contributed by atoms with Gasteiger partial charge in [-0.3, -0.25) is 14.5 Å². The van der Waals surface area contributed by atoms with Crippen molar-refractivity contribution in [3.63, 3.8) is 0 Å². The number of carboxylic acids is 1. The molecular weight excluding hydrogens is 690 g/mol. The van der Waals surface area contributed by atoms with Gasteiger partial charge >= 0.3 is 5.97 Å².